The Hall–Kier alpha value is -2.14. The molecule has 0 spiro atoms. The summed E-state index contributed by atoms with van der Waals surface area (Å²) in [7, 11) is 0. The molecular formula is C17H23N3O2. The van der Waals surface area contributed by atoms with Gasteiger partial charge < -0.3 is 10.5 Å². The van der Waals surface area contributed by atoms with Crippen LogP contribution in [0.1, 0.15) is 32.3 Å². The van der Waals surface area contributed by atoms with Crippen molar-refractivity contribution in [2.24, 2.45) is 5.73 Å². The zero-order chi connectivity index (χ0) is 15.9. The molecule has 0 bridgehead atoms. The van der Waals surface area contributed by atoms with Crippen LogP contribution in [0.15, 0.2) is 35.1 Å². The summed E-state index contributed by atoms with van der Waals surface area (Å²) in [5.41, 5.74) is 7.87. The fourth-order valence-electron chi connectivity index (χ4n) is 2.26. The molecule has 118 valence electrons. The predicted octanol–water partition coefficient (Wildman–Crippen LogP) is 2.57. The Kier molecular flexibility index (Phi) is 5.72. The predicted molar refractivity (Wildman–Crippen MR) is 87.9 cm³/mol. The zero-order valence-electron chi connectivity index (χ0n) is 13.2. The number of nitrogens with two attached hydrogens (primary N) is 1. The molecule has 0 saturated heterocycles. The van der Waals surface area contributed by atoms with Crippen molar-refractivity contribution in [3.8, 4) is 17.0 Å². The van der Waals surface area contributed by atoms with Crippen molar-refractivity contribution in [2.45, 2.75) is 39.8 Å². The molecule has 1 heterocycles. The summed E-state index contributed by atoms with van der Waals surface area (Å²) in [6.07, 6.45) is 1.93. The van der Waals surface area contributed by atoms with Crippen LogP contribution in [0.3, 0.4) is 0 Å². The van der Waals surface area contributed by atoms with E-state index in [-0.39, 0.29) is 12.1 Å². The number of aromatic nitrogens is 2. The van der Waals surface area contributed by atoms with Gasteiger partial charge in [0.15, 0.2) is 0 Å². The monoisotopic (exact) mass is 301 g/mol. The SMILES string of the molecule is CCCCn1nc(-c2cccc(OCC)c2)cc(CN)c1=O. The number of hydrogen-bond donors (Lipinski definition) is 1. The van der Waals surface area contributed by atoms with Crippen molar-refractivity contribution < 1.29 is 4.74 Å². The fourth-order valence-corrected chi connectivity index (χ4v) is 2.26. The second kappa shape index (κ2) is 7.75. The molecule has 0 aliphatic carbocycles. The lowest BCUT2D eigenvalue weighted by Crippen LogP contribution is -2.28. The van der Waals surface area contributed by atoms with Crippen molar-refractivity contribution in [3.05, 3.63) is 46.2 Å². The van der Waals surface area contributed by atoms with Crippen LogP contribution in [0.2, 0.25) is 0 Å². The van der Waals surface area contributed by atoms with Gasteiger partial charge >= 0.3 is 0 Å². The molecule has 0 aliphatic heterocycles. The van der Waals surface area contributed by atoms with Crippen molar-refractivity contribution in [1.29, 1.82) is 0 Å². The van der Waals surface area contributed by atoms with Gasteiger partial charge in [-0.1, -0.05) is 25.5 Å². The fraction of sp³-hybridized carbons (Fsp3) is 0.412. The van der Waals surface area contributed by atoms with Gasteiger partial charge in [-0.3, -0.25) is 4.79 Å². The first-order chi connectivity index (χ1) is 10.7. The lowest BCUT2D eigenvalue weighted by Gasteiger charge is -2.11. The number of rotatable bonds is 7. The van der Waals surface area contributed by atoms with E-state index in [4.69, 9.17) is 10.5 Å². The van der Waals surface area contributed by atoms with Crippen molar-refractivity contribution in [3.63, 3.8) is 0 Å². The Balaban J connectivity index is 2.45. The molecule has 22 heavy (non-hydrogen) atoms. The summed E-state index contributed by atoms with van der Waals surface area (Å²) >= 11 is 0. The minimum Gasteiger partial charge on any atom is -0.494 e. The van der Waals surface area contributed by atoms with Crippen LogP contribution in [-0.2, 0) is 13.1 Å². The highest BCUT2D eigenvalue weighted by atomic mass is 16.5. The van der Waals surface area contributed by atoms with Gasteiger partial charge in [0.25, 0.3) is 5.56 Å². The normalized spacial score (nSPS) is 10.7. The van der Waals surface area contributed by atoms with Gasteiger partial charge in [0.1, 0.15) is 5.75 Å². The molecule has 0 unspecified atom stereocenters. The van der Waals surface area contributed by atoms with Gasteiger partial charge in [-0.2, -0.15) is 5.10 Å². The van der Waals surface area contributed by atoms with E-state index >= 15 is 0 Å². The highest BCUT2D eigenvalue weighted by molar-refractivity contribution is 5.61. The Bertz CT molecular complexity index is 680. The molecule has 0 aliphatic rings. The summed E-state index contributed by atoms with van der Waals surface area (Å²) < 4.78 is 7.04. The summed E-state index contributed by atoms with van der Waals surface area (Å²) in [6, 6.07) is 9.49. The standard InChI is InChI=1S/C17H23N3O2/c1-3-5-9-20-17(21)14(12-18)11-16(19-20)13-7-6-8-15(10-13)22-4-2/h6-8,10-11H,3-5,9,12,18H2,1-2H3. The van der Waals surface area contributed by atoms with Crippen molar-refractivity contribution >= 4 is 0 Å². The molecule has 1 aromatic heterocycles. The van der Waals surface area contributed by atoms with E-state index in [1.807, 2.05) is 31.2 Å². The quantitative estimate of drug-likeness (QED) is 0.853. The minimum atomic E-state index is -0.0966. The van der Waals surface area contributed by atoms with Crippen LogP contribution in [0.5, 0.6) is 5.75 Å². The molecule has 2 N–H and O–H groups in total. The summed E-state index contributed by atoms with van der Waals surface area (Å²) in [6.45, 7) is 5.47. The number of ether oxygens (including phenoxy) is 1. The molecule has 5 heteroatoms. The maximum Gasteiger partial charge on any atom is 0.271 e. The third-order valence-electron chi connectivity index (χ3n) is 3.43. The Morgan fingerprint density at radius 2 is 2.09 bits per heavy atom. The Labute approximate surface area is 130 Å². The van der Waals surface area contributed by atoms with E-state index in [2.05, 4.69) is 12.0 Å². The molecule has 0 saturated carbocycles. The smallest absolute Gasteiger partial charge is 0.271 e. The molecule has 0 radical (unpaired) electrons. The van der Waals surface area contributed by atoms with Crippen LogP contribution >= 0.6 is 0 Å². The number of aryl methyl sites for hydroxylation is 1. The van der Waals surface area contributed by atoms with Crippen molar-refractivity contribution in [1.82, 2.24) is 9.78 Å². The zero-order valence-corrected chi connectivity index (χ0v) is 13.2. The molecular weight excluding hydrogens is 278 g/mol. The van der Waals surface area contributed by atoms with Crippen LogP contribution in [0.25, 0.3) is 11.3 Å². The number of hydrogen-bond acceptors (Lipinski definition) is 4. The topological polar surface area (TPSA) is 70.1 Å². The van der Waals surface area contributed by atoms with Crippen LogP contribution in [0, 0.1) is 0 Å². The number of nitrogens with zero attached hydrogens (tertiary/aromatic N) is 2. The lowest BCUT2D eigenvalue weighted by molar-refractivity contribution is 0.340. The van der Waals surface area contributed by atoms with E-state index < -0.39 is 0 Å². The van der Waals surface area contributed by atoms with Crippen LogP contribution in [-0.4, -0.2) is 16.4 Å². The first-order valence-electron chi connectivity index (χ1n) is 7.74. The molecule has 5 nitrogen and oxygen atoms in total. The molecule has 1 aromatic carbocycles. The highest BCUT2D eigenvalue weighted by Crippen LogP contribution is 2.22. The number of benzene rings is 1. The molecule has 2 aromatic rings. The third kappa shape index (κ3) is 3.74. The van der Waals surface area contributed by atoms with E-state index in [1.54, 1.807) is 6.07 Å². The molecule has 0 amide bonds. The minimum absolute atomic E-state index is 0.0966. The first kappa shape index (κ1) is 16.2. The maximum atomic E-state index is 12.3. The molecule has 0 fully saturated rings. The van der Waals surface area contributed by atoms with Gasteiger partial charge in [-0.05, 0) is 31.5 Å². The summed E-state index contributed by atoms with van der Waals surface area (Å²) in [4.78, 5) is 12.3. The molecule has 0 atom stereocenters. The molecule has 2 rings (SSSR count). The Morgan fingerprint density at radius 3 is 2.77 bits per heavy atom. The summed E-state index contributed by atoms with van der Waals surface area (Å²) in [5.74, 6) is 0.794. The van der Waals surface area contributed by atoms with E-state index in [1.165, 1.54) is 4.68 Å². The van der Waals surface area contributed by atoms with Gasteiger partial charge in [0.2, 0.25) is 0 Å². The maximum absolute atomic E-state index is 12.3. The Morgan fingerprint density at radius 1 is 1.27 bits per heavy atom. The summed E-state index contributed by atoms with van der Waals surface area (Å²) in [5, 5.41) is 4.48. The average molecular weight is 301 g/mol. The van der Waals surface area contributed by atoms with Crippen molar-refractivity contribution in [2.75, 3.05) is 6.61 Å². The number of unbranched alkanes of at least 4 members (excludes halogenated alkanes) is 1. The largest absolute Gasteiger partial charge is 0.494 e. The van der Waals surface area contributed by atoms with Crippen LogP contribution < -0.4 is 16.0 Å². The van der Waals surface area contributed by atoms with Gasteiger partial charge in [0, 0.05) is 24.2 Å². The first-order valence-corrected chi connectivity index (χ1v) is 7.74. The van der Waals surface area contributed by atoms with Gasteiger partial charge in [-0.15, -0.1) is 0 Å². The third-order valence-corrected chi connectivity index (χ3v) is 3.43. The highest BCUT2D eigenvalue weighted by Gasteiger charge is 2.09. The average Bonchev–Trinajstić information content (AvgIpc) is 2.54. The van der Waals surface area contributed by atoms with E-state index in [0.717, 1.165) is 29.8 Å². The lowest BCUT2D eigenvalue weighted by atomic mass is 10.1. The van der Waals surface area contributed by atoms with Crippen LogP contribution in [0.4, 0.5) is 0 Å². The van der Waals surface area contributed by atoms with E-state index in [0.29, 0.717) is 18.7 Å². The van der Waals surface area contributed by atoms with Gasteiger partial charge in [0.05, 0.1) is 12.3 Å². The second-order valence-electron chi connectivity index (χ2n) is 5.10. The van der Waals surface area contributed by atoms with Gasteiger partial charge in [-0.25, -0.2) is 4.68 Å². The second-order valence-corrected chi connectivity index (χ2v) is 5.10. The van der Waals surface area contributed by atoms with E-state index in [9.17, 15) is 4.79 Å².